The molecule has 0 saturated carbocycles. The number of carbonyl (C=O) groups excluding carboxylic acids is 1. The van der Waals surface area contributed by atoms with Gasteiger partial charge in [-0.1, -0.05) is 12.2 Å². The van der Waals surface area contributed by atoms with E-state index in [1.165, 1.54) is 23.2 Å². The Morgan fingerprint density at radius 2 is 2.20 bits per heavy atom. The molecule has 20 heavy (non-hydrogen) atoms. The van der Waals surface area contributed by atoms with Crippen molar-refractivity contribution in [1.82, 2.24) is 14.6 Å². The number of amides is 1. The van der Waals surface area contributed by atoms with Gasteiger partial charge in [-0.05, 0) is 19.1 Å². The highest BCUT2D eigenvalue weighted by molar-refractivity contribution is 7.89. The van der Waals surface area contributed by atoms with Crippen LogP contribution in [0.25, 0.3) is 0 Å². The summed E-state index contributed by atoms with van der Waals surface area (Å²) in [6, 6.07) is 2.79. The number of nitrogens with two attached hydrogens (primary N) is 1. The van der Waals surface area contributed by atoms with Crippen LogP contribution in [0.3, 0.4) is 0 Å². The van der Waals surface area contributed by atoms with Crippen molar-refractivity contribution in [2.45, 2.75) is 11.8 Å². The number of hydrogen-bond acceptors (Lipinski definition) is 5. The Labute approximate surface area is 123 Å². The number of pyridine rings is 1. The summed E-state index contributed by atoms with van der Waals surface area (Å²) in [6.07, 6.45) is 1.39. The van der Waals surface area contributed by atoms with Crippen LogP contribution >= 0.6 is 12.2 Å². The van der Waals surface area contributed by atoms with Crippen molar-refractivity contribution in [3.8, 4) is 0 Å². The molecule has 0 atom stereocenters. The number of rotatable bonds is 6. The van der Waals surface area contributed by atoms with E-state index in [4.69, 9.17) is 18.0 Å². The Morgan fingerprint density at radius 3 is 2.75 bits per heavy atom. The zero-order valence-corrected chi connectivity index (χ0v) is 12.8. The maximum Gasteiger partial charge on any atom is 0.243 e. The molecule has 0 radical (unpaired) electrons. The first kappa shape index (κ1) is 16.5. The maximum atomic E-state index is 12.1. The maximum absolute atomic E-state index is 12.1. The van der Waals surface area contributed by atoms with Gasteiger partial charge in [0.15, 0.2) is 0 Å². The normalized spacial score (nSPS) is 11.1. The lowest BCUT2D eigenvalue weighted by Gasteiger charge is -2.15. The fraction of sp³-hybridized carbons (Fsp3) is 0.364. The van der Waals surface area contributed by atoms with Gasteiger partial charge in [0.2, 0.25) is 15.9 Å². The van der Waals surface area contributed by atoms with Crippen LogP contribution in [0.4, 0.5) is 0 Å². The zero-order chi connectivity index (χ0) is 15.3. The van der Waals surface area contributed by atoms with E-state index in [1.807, 2.05) is 0 Å². The molecule has 110 valence electrons. The molecular weight excluding hydrogens is 300 g/mol. The lowest BCUT2D eigenvalue weighted by molar-refractivity contribution is -0.128. The van der Waals surface area contributed by atoms with E-state index in [2.05, 4.69) is 9.71 Å². The molecule has 0 saturated heterocycles. The minimum atomic E-state index is -3.90. The van der Waals surface area contributed by atoms with Gasteiger partial charge >= 0.3 is 0 Å². The number of thiocarbonyl (C=S) groups is 1. The summed E-state index contributed by atoms with van der Waals surface area (Å²) >= 11 is 4.76. The number of likely N-dealkylation sites (N-methyl/N-ethyl adjacent to an activating group) is 1. The Morgan fingerprint density at radius 1 is 1.55 bits per heavy atom. The fourth-order valence-corrected chi connectivity index (χ4v) is 2.71. The van der Waals surface area contributed by atoms with Gasteiger partial charge in [-0.2, -0.15) is 0 Å². The van der Waals surface area contributed by atoms with Crippen LogP contribution < -0.4 is 10.5 Å². The number of hydrogen-bond donors (Lipinski definition) is 2. The molecule has 1 aromatic heterocycles. The molecule has 0 aromatic carbocycles. The van der Waals surface area contributed by atoms with E-state index in [1.54, 1.807) is 14.0 Å². The minimum Gasteiger partial charge on any atom is -0.388 e. The summed E-state index contributed by atoms with van der Waals surface area (Å²) in [7, 11) is -2.32. The molecule has 7 nitrogen and oxygen atoms in total. The second kappa shape index (κ2) is 6.73. The third-order valence-electron chi connectivity index (χ3n) is 2.61. The highest BCUT2D eigenvalue weighted by Crippen LogP contribution is 2.12. The summed E-state index contributed by atoms with van der Waals surface area (Å²) < 4.78 is 26.5. The van der Waals surface area contributed by atoms with Crippen LogP contribution in [0.1, 0.15) is 12.6 Å². The number of nitrogens with zero attached hydrogens (tertiary/aromatic N) is 2. The predicted octanol–water partition coefficient (Wildman–Crippen LogP) is -0.528. The highest BCUT2D eigenvalue weighted by Gasteiger charge is 2.21. The van der Waals surface area contributed by atoms with E-state index in [0.717, 1.165) is 0 Å². The van der Waals surface area contributed by atoms with Gasteiger partial charge in [-0.3, -0.25) is 9.78 Å². The molecule has 0 bridgehead atoms. The molecule has 1 rings (SSSR count). The lowest BCUT2D eigenvalue weighted by atomic mass is 10.3. The molecule has 0 aliphatic rings. The van der Waals surface area contributed by atoms with Gasteiger partial charge in [0.05, 0.1) is 6.54 Å². The van der Waals surface area contributed by atoms with E-state index in [-0.39, 0.29) is 28.0 Å². The van der Waals surface area contributed by atoms with Gasteiger partial charge in [0.1, 0.15) is 15.6 Å². The largest absolute Gasteiger partial charge is 0.388 e. The van der Waals surface area contributed by atoms with Crippen molar-refractivity contribution in [2.75, 3.05) is 20.1 Å². The Bertz CT molecular complexity index is 616. The quantitative estimate of drug-likeness (QED) is 0.684. The molecule has 0 fully saturated rings. The van der Waals surface area contributed by atoms with Gasteiger partial charge < -0.3 is 10.6 Å². The van der Waals surface area contributed by atoms with E-state index in [9.17, 15) is 13.2 Å². The molecule has 1 aromatic rings. The molecule has 1 amide bonds. The standard InChI is InChI=1S/C11H16N4O3S2/c1-3-15(2)9(16)7-14-20(17,18)8-5-4-6-13-10(8)11(12)19/h4-6,14H,3,7H2,1-2H3,(H2,12,19). The molecule has 0 aliphatic carbocycles. The molecule has 1 heterocycles. The van der Waals surface area contributed by atoms with E-state index >= 15 is 0 Å². The zero-order valence-electron chi connectivity index (χ0n) is 11.2. The van der Waals surface area contributed by atoms with Gasteiger partial charge in [0, 0.05) is 19.8 Å². The van der Waals surface area contributed by atoms with E-state index < -0.39 is 10.0 Å². The molecule has 0 aliphatic heterocycles. The van der Waals surface area contributed by atoms with Crippen molar-refractivity contribution in [2.24, 2.45) is 5.73 Å². The van der Waals surface area contributed by atoms with E-state index in [0.29, 0.717) is 6.54 Å². The van der Waals surface area contributed by atoms with Crippen LogP contribution in [-0.2, 0) is 14.8 Å². The van der Waals surface area contributed by atoms with Crippen LogP contribution in [0.5, 0.6) is 0 Å². The van der Waals surface area contributed by atoms with Crippen LogP contribution in [0.15, 0.2) is 23.2 Å². The highest BCUT2D eigenvalue weighted by atomic mass is 32.2. The molecule has 0 spiro atoms. The fourth-order valence-electron chi connectivity index (χ4n) is 1.34. The third-order valence-corrected chi connectivity index (χ3v) is 4.23. The Kier molecular flexibility index (Phi) is 5.54. The molecule has 3 N–H and O–H groups in total. The second-order valence-electron chi connectivity index (χ2n) is 3.95. The first-order valence-electron chi connectivity index (χ1n) is 5.78. The lowest BCUT2D eigenvalue weighted by Crippen LogP contribution is -2.38. The minimum absolute atomic E-state index is 0.00583. The van der Waals surface area contributed by atoms with Crippen molar-refractivity contribution in [3.05, 3.63) is 24.0 Å². The summed E-state index contributed by atoms with van der Waals surface area (Å²) in [5, 5.41) is 0. The van der Waals surface area contributed by atoms with Gasteiger partial charge in [0.25, 0.3) is 0 Å². The SMILES string of the molecule is CCN(C)C(=O)CNS(=O)(=O)c1cccnc1C(N)=S. The second-order valence-corrected chi connectivity index (χ2v) is 6.12. The summed E-state index contributed by atoms with van der Waals surface area (Å²) in [5.41, 5.74) is 5.44. The average Bonchev–Trinajstić information content (AvgIpc) is 2.43. The summed E-state index contributed by atoms with van der Waals surface area (Å²) in [4.78, 5) is 16.6. The van der Waals surface area contributed by atoms with Gasteiger partial charge in [-0.25, -0.2) is 13.1 Å². The smallest absolute Gasteiger partial charge is 0.243 e. The van der Waals surface area contributed by atoms with Crippen molar-refractivity contribution in [1.29, 1.82) is 0 Å². The first-order chi connectivity index (χ1) is 9.29. The average molecular weight is 316 g/mol. The number of sulfonamides is 1. The Balaban J connectivity index is 2.96. The van der Waals surface area contributed by atoms with Crippen molar-refractivity contribution < 1.29 is 13.2 Å². The summed E-state index contributed by atoms with van der Waals surface area (Å²) in [5.74, 6) is -0.336. The monoisotopic (exact) mass is 316 g/mol. The number of aromatic nitrogens is 1. The number of nitrogens with one attached hydrogen (secondary N) is 1. The predicted molar refractivity (Wildman–Crippen MR) is 78.6 cm³/mol. The molecular formula is C11H16N4O3S2. The third kappa shape index (κ3) is 3.95. The van der Waals surface area contributed by atoms with Crippen LogP contribution in [-0.4, -0.2) is 49.3 Å². The topological polar surface area (TPSA) is 105 Å². The van der Waals surface area contributed by atoms with Crippen LogP contribution in [0, 0.1) is 0 Å². The Hall–Kier alpha value is -1.58. The van der Waals surface area contributed by atoms with Gasteiger partial charge in [-0.15, -0.1) is 0 Å². The first-order valence-corrected chi connectivity index (χ1v) is 7.67. The summed E-state index contributed by atoms with van der Waals surface area (Å²) in [6.45, 7) is 1.95. The van der Waals surface area contributed by atoms with Crippen molar-refractivity contribution >= 4 is 33.1 Å². The van der Waals surface area contributed by atoms with Crippen LogP contribution in [0.2, 0.25) is 0 Å². The molecule has 9 heteroatoms. The number of carbonyl (C=O) groups is 1. The van der Waals surface area contributed by atoms with Crippen molar-refractivity contribution in [3.63, 3.8) is 0 Å². The molecule has 0 unspecified atom stereocenters.